The molecule has 0 saturated carbocycles. The summed E-state index contributed by atoms with van der Waals surface area (Å²) in [7, 11) is 0. The highest BCUT2D eigenvalue weighted by atomic mass is 19.4. The van der Waals surface area contributed by atoms with Gasteiger partial charge >= 0.3 is 6.18 Å². The molecule has 0 aliphatic carbocycles. The van der Waals surface area contributed by atoms with Gasteiger partial charge in [0.25, 0.3) is 11.2 Å². The molecular formula is C20H14F3N3O. The van der Waals surface area contributed by atoms with E-state index in [9.17, 15) is 18.0 Å². The molecule has 1 aromatic carbocycles. The van der Waals surface area contributed by atoms with Crippen LogP contribution in [0.3, 0.4) is 0 Å². The highest BCUT2D eigenvalue weighted by Crippen LogP contribution is 2.37. The highest BCUT2D eigenvalue weighted by molar-refractivity contribution is 5.66. The molecular weight excluding hydrogens is 355 g/mol. The Bertz CT molecular complexity index is 1080. The number of alkyl halides is 3. The Labute approximate surface area is 153 Å². The van der Waals surface area contributed by atoms with Gasteiger partial charge in [-0.1, -0.05) is 23.8 Å². The van der Waals surface area contributed by atoms with Crippen LogP contribution in [0.5, 0.6) is 0 Å². The van der Waals surface area contributed by atoms with Gasteiger partial charge in [-0.15, -0.1) is 0 Å². The molecule has 0 aliphatic rings. The molecule has 7 heteroatoms. The summed E-state index contributed by atoms with van der Waals surface area (Å²) in [5, 5.41) is 0. The number of hydrogen-bond acceptors (Lipinski definition) is 2. The average molecular weight is 369 g/mol. The molecule has 0 radical (unpaired) electrons. The van der Waals surface area contributed by atoms with E-state index < -0.39 is 23.0 Å². The third-order valence-corrected chi connectivity index (χ3v) is 4.10. The van der Waals surface area contributed by atoms with Gasteiger partial charge < -0.3 is 4.57 Å². The summed E-state index contributed by atoms with van der Waals surface area (Å²) < 4.78 is 41.5. The van der Waals surface area contributed by atoms with Crippen LogP contribution in [0, 0.1) is 13.5 Å². The van der Waals surface area contributed by atoms with Gasteiger partial charge in [-0.05, 0) is 42.3 Å². The minimum Gasteiger partial charge on any atom is -0.313 e. The van der Waals surface area contributed by atoms with Crippen LogP contribution in [0.2, 0.25) is 0 Å². The van der Waals surface area contributed by atoms with E-state index in [0.29, 0.717) is 11.1 Å². The fourth-order valence-corrected chi connectivity index (χ4v) is 2.83. The number of nitrogens with zero attached hydrogens (tertiary/aromatic N) is 3. The maximum absolute atomic E-state index is 13.4. The topological polar surface area (TPSA) is 39.2 Å². The molecule has 0 fully saturated rings. The molecule has 136 valence electrons. The predicted molar refractivity (Wildman–Crippen MR) is 95.5 cm³/mol. The SMILES string of the molecule is [C-]#[N+]c1c(C(F)(F)F)cc(-c2cccc(C)c2)n(Cc2ccncc2)c1=O. The number of aromatic nitrogens is 2. The van der Waals surface area contributed by atoms with Crippen molar-refractivity contribution < 1.29 is 13.2 Å². The van der Waals surface area contributed by atoms with Crippen molar-refractivity contribution in [2.24, 2.45) is 0 Å². The minimum atomic E-state index is -4.80. The first-order valence-electron chi connectivity index (χ1n) is 7.99. The zero-order valence-electron chi connectivity index (χ0n) is 14.3. The molecule has 0 amide bonds. The third-order valence-electron chi connectivity index (χ3n) is 4.10. The van der Waals surface area contributed by atoms with Crippen molar-refractivity contribution in [3.63, 3.8) is 0 Å². The van der Waals surface area contributed by atoms with Gasteiger partial charge in [0.1, 0.15) is 0 Å². The summed E-state index contributed by atoms with van der Waals surface area (Å²) in [6, 6.07) is 11.1. The van der Waals surface area contributed by atoms with Gasteiger partial charge in [0, 0.05) is 18.1 Å². The molecule has 0 aliphatic heterocycles. The van der Waals surface area contributed by atoms with E-state index >= 15 is 0 Å². The summed E-state index contributed by atoms with van der Waals surface area (Å²) in [5.41, 5.74) is -0.982. The Morgan fingerprint density at radius 1 is 1.15 bits per heavy atom. The smallest absolute Gasteiger partial charge is 0.313 e. The number of pyridine rings is 2. The molecule has 0 saturated heterocycles. The van der Waals surface area contributed by atoms with E-state index in [2.05, 4.69) is 9.83 Å². The predicted octanol–water partition coefficient (Wildman–Crippen LogP) is 4.84. The number of rotatable bonds is 3. The van der Waals surface area contributed by atoms with Gasteiger partial charge in [0.2, 0.25) is 0 Å². The zero-order valence-corrected chi connectivity index (χ0v) is 14.3. The van der Waals surface area contributed by atoms with Gasteiger partial charge in [-0.3, -0.25) is 9.78 Å². The molecule has 27 heavy (non-hydrogen) atoms. The molecule has 0 spiro atoms. The first-order chi connectivity index (χ1) is 12.8. The monoisotopic (exact) mass is 369 g/mol. The van der Waals surface area contributed by atoms with E-state index in [1.807, 2.05) is 13.0 Å². The summed E-state index contributed by atoms with van der Waals surface area (Å²) in [4.78, 5) is 19.6. The van der Waals surface area contributed by atoms with Crippen LogP contribution in [-0.2, 0) is 12.7 Å². The lowest BCUT2D eigenvalue weighted by atomic mass is 10.0. The number of hydrogen-bond donors (Lipinski definition) is 0. The van der Waals surface area contributed by atoms with E-state index in [-0.39, 0.29) is 12.2 Å². The summed E-state index contributed by atoms with van der Waals surface area (Å²) >= 11 is 0. The second-order valence-corrected chi connectivity index (χ2v) is 6.02. The lowest BCUT2D eigenvalue weighted by Gasteiger charge is -2.18. The second-order valence-electron chi connectivity index (χ2n) is 6.02. The minimum absolute atomic E-state index is 0.0330. The van der Waals surface area contributed by atoms with Crippen molar-refractivity contribution in [3.05, 3.63) is 93.3 Å². The lowest BCUT2D eigenvalue weighted by Crippen LogP contribution is -2.25. The van der Waals surface area contributed by atoms with E-state index in [4.69, 9.17) is 6.57 Å². The standard InChI is InChI=1S/C20H14F3N3O/c1-13-4-3-5-15(10-13)17-11-16(20(21,22)23)18(24-2)19(27)26(17)12-14-6-8-25-9-7-14/h3-11H,12H2,1H3. The van der Waals surface area contributed by atoms with E-state index in [1.54, 1.807) is 30.3 Å². The number of benzene rings is 1. The van der Waals surface area contributed by atoms with Crippen molar-refractivity contribution in [1.82, 2.24) is 9.55 Å². The second kappa shape index (κ2) is 7.08. The van der Waals surface area contributed by atoms with Gasteiger partial charge in [0.05, 0.1) is 18.7 Å². The van der Waals surface area contributed by atoms with Crippen LogP contribution in [0.1, 0.15) is 16.7 Å². The van der Waals surface area contributed by atoms with Gasteiger partial charge in [0.15, 0.2) is 0 Å². The molecule has 3 rings (SSSR count). The maximum Gasteiger partial charge on any atom is 0.407 e. The summed E-state index contributed by atoms with van der Waals surface area (Å²) in [6.45, 7) is 8.94. The van der Waals surface area contributed by atoms with Crippen molar-refractivity contribution in [2.75, 3.05) is 0 Å². The number of aryl methyl sites for hydroxylation is 1. The molecule has 0 unspecified atom stereocenters. The molecule has 2 heterocycles. The van der Waals surface area contributed by atoms with Crippen LogP contribution in [-0.4, -0.2) is 9.55 Å². The van der Waals surface area contributed by atoms with Crippen LogP contribution in [0.4, 0.5) is 18.9 Å². The Morgan fingerprint density at radius 2 is 1.85 bits per heavy atom. The molecule has 0 N–H and O–H groups in total. The van der Waals surface area contributed by atoms with Crippen LogP contribution < -0.4 is 5.56 Å². The Morgan fingerprint density at radius 3 is 2.44 bits per heavy atom. The van der Waals surface area contributed by atoms with Crippen molar-refractivity contribution in [1.29, 1.82) is 0 Å². The fraction of sp³-hybridized carbons (Fsp3) is 0.150. The van der Waals surface area contributed by atoms with Crippen molar-refractivity contribution in [2.45, 2.75) is 19.6 Å². The van der Waals surface area contributed by atoms with Crippen LogP contribution in [0.25, 0.3) is 16.1 Å². The zero-order chi connectivity index (χ0) is 19.6. The van der Waals surface area contributed by atoms with Crippen molar-refractivity contribution >= 4 is 5.69 Å². The Hall–Kier alpha value is -3.40. The number of halogens is 3. The highest BCUT2D eigenvalue weighted by Gasteiger charge is 2.36. The van der Waals surface area contributed by atoms with Crippen LogP contribution in [0.15, 0.2) is 59.7 Å². The summed E-state index contributed by atoms with van der Waals surface area (Å²) in [5.74, 6) is 0. The van der Waals surface area contributed by atoms with Gasteiger partial charge in [-0.25, -0.2) is 4.85 Å². The quantitative estimate of drug-likeness (QED) is 0.620. The largest absolute Gasteiger partial charge is 0.407 e. The van der Waals surface area contributed by atoms with E-state index in [1.165, 1.54) is 17.0 Å². The molecule has 3 aromatic rings. The fourth-order valence-electron chi connectivity index (χ4n) is 2.83. The average Bonchev–Trinajstić information content (AvgIpc) is 2.63. The normalized spacial score (nSPS) is 11.2. The first-order valence-corrected chi connectivity index (χ1v) is 7.99. The molecule has 0 bridgehead atoms. The van der Waals surface area contributed by atoms with E-state index in [0.717, 1.165) is 11.6 Å². The van der Waals surface area contributed by atoms with Gasteiger partial charge in [-0.2, -0.15) is 13.2 Å². The Kier molecular flexibility index (Phi) is 4.82. The molecule has 4 nitrogen and oxygen atoms in total. The maximum atomic E-state index is 13.4. The first kappa shape index (κ1) is 18.4. The lowest BCUT2D eigenvalue weighted by molar-refractivity contribution is -0.136. The van der Waals surface area contributed by atoms with Crippen molar-refractivity contribution in [3.8, 4) is 11.3 Å². The summed E-state index contributed by atoms with van der Waals surface area (Å²) in [6.07, 6.45) is -1.73. The Balaban J connectivity index is 2.33. The van der Waals surface area contributed by atoms with Crippen LogP contribution >= 0.6 is 0 Å². The molecule has 0 atom stereocenters. The third kappa shape index (κ3) is 3.75. The molecule has 2 aromatic heterocycles.